The minimum Gasteiger partial charge on any atom is -0.385 e. The minimum atomic E-state index is -3.29. The SMILES string of the molecule is CCC(C)(CC)S(=O)(=O)NC1CCC(CNc2ccc(N3CC(C)OC(C)C3)cc2)CC1. The zero-order chi connectivity index (χ0) is 23.4. The number of anilines is 2. The number of morpholine rings is 1. The molecule has 6 nitrogen and oxygen atoms in total. The van der Waals surface area contributed by atoms with Crippen molar-refractivity contribution in [3.05, 3.63) is 24.3 Å². The van der Waals surface area contributed by atoms with Gasteiger partial charge in [-0.3, -0.25) is 0 Å². The first kappa shape index (κ1) is 25.3. The lowest BCUT2D eigenvalue weighted by atomic mass is 9.86. The van der Waals surface area contributed by atoms with Crippen molar-refractivity contribution in [1.82, 2.24) is 4.72 Å². The van der Waals surface area contributed by atoms with Crippen LogP contribution in [0.2, 0.25) is 0 Å². The number of hydrogen-bond acceptors (Lipinski definition) is 5. The van der Waals surface area contributed by atoms with Crippen LogP contribution in [0.4, 0.5) is 11.4 Å². The molecule has 1 saturated carbocycles. The monoisotopic (exact) mass is 465 g/mol. The van der Waals surface area contributed by atoms with Crippen molar-refractivity contribution in [3.8, 4) is 0 Å². The minimum absolute atomic E-state index is 0.0752. The molecule has 7 heteroatoms. The average Bonchev–Trinajstić information content (AvgIpc) is 2.77. The quantitative estimate of drug-likeness (QED) is 0.550. The standard InChI is InChI=1S/C25H43N3O3S/c1-6-25(5,7-2)32(29,30)27-23-10-8-21(9-11-23)16-26-22-12-14-24(15-13-22)28-17-19(3)31-20(4)18-28/h12-15,19-21,23,26-27H,6-11,16-18H2,1-5H3. The molecule has 1 aromatic rings. The van der Waals surface area contributed by atoms with Crippen LogP contribution < -0.4 is 14.9 Å². The highest BCUT2D eigenvalue weighted by Crippen LogP contribution is 2.29. The summed E-state index contributed by atoms with van der Waals surface area (Å²) in [6.07, 6.45) is 5.74. The number of rotatable bonds is 9. The first-order valence-corrected chi connectivity index (χ1v) is 13.9. The van der Waals surface area contributed by atoms with Gasteiger partial charge in [0.2, 0.25) is 10.0 Å². The summed E-state index contributed by atoms with van der Waals surface area (Å²) >= 11 is 0. The average molecular weight is 466 g/mol. The summed E-state index contributed by atoms with van der Waals surface area (Å²) in [6.45, 7) is 12.8. The maximum atomic E-state index is 12.8. The lowest BCUT2D eigenvalue weighted by molar-refractivity contribution is -0.00521. The molecule has 1 aliphatic carbocycles. The van der Waals surface area contributed by atoms with Crippen molar-refractivity contribution in [2.75, 3.05) is 29.9 Å². The molecule has 1 heterocycles. The van der Waals surface area contributed by atoms with E-state index in [1.54, 1.807) is 0 Å². The summed E-state index contributed by atoms with van der Waals surface area (Å²) in [4.78, 5) is 2.40. The highest BCUT2D eigenvalue weighted by atomic mass is 32.2. The summed E-state index contributed by atoms with van der Waals surface area (Å²) in [6, 6.07) is 8.78. The topological polar surface area (TPSA) is 70.7 Å². The highest BCUT2D eigenvalue weighted by Gasteiger charge is 2.37. The van der Waals surface area contributed by atoms with E-state index in [2.05, 4.69) is 53.1 Å². The summed E-state index contributed by atoms with van der Waals surface area (Å²) in [5.74, 6) is 0.583. The molecule has 2 aliphatic rings. The van der Waals surface area contributed by atoms with Crippen LogP contribution in [0.3, 0.4) is 0 Å². The maximum absolute atomic E-state index is 12.8. The van der Waals surface area contributed by atoms with Crippen molar-refractivity contribution in [2.45, 2.75) is 96.1 Å². The van der Waals surface area contributed by atoms with Gasteiger partial charge in [-0.2, -0.15) is 0 Å². The Balaban J connectivity index is 1.44. The van der Waals surface area contributed by atoms with E-state index in [0.717, 1.165) is 51.0 Å². The molecule has 32 heavy (non-hydrogen) atoms. The molecule has 3 rings (SSSR count). The van der Waals surface area contributed by atoms with Crippen LogP contribution in [0, 0.1) is 5.92 Å². The van der Waals surface area contributed by atoms with Gasteiger partial charge < -0.3 is 15.0 Å². The van der Waals surface area contributed by atoms with Crippen molar-refractivity contribution in [2.24, 2.45) is 5.92 Å². The third-order valence-corrected chi connectivity index (χ3v) is 10.1. The summed E-state index contributed by atoms with van der Waals surface area (Å²) in [5.41, 5.74) is 2.39. The molecule has 1 saturated heterocycles. The third kappa shape index (κ3) is 6.17. The van der Waals surface area contributed by atoms with Gasteiger partial charge in [0.1, 0.15) is 0 Å². The van der Waals surface area contributed by atoms with Crippen molar-refractivity contribution >= 4 is 21.4 Å². The van der Waals surface area contributed by atoms with Gasteiger partial charge in [0.05, 0.1) is 17.0 Å². The Morgan fingerprint density at radius 1 is 1.00 bits per heavy atom. The van der Waals surface area contributed by atoms with Gasteiger partial charge in [0.15, 0.2) is 0 Å². The van der Waals surface area contributed by atoms with Crippen molar-refractivity contribution < 1.29 is 13.2 Å². The number of nitrogens with one attached hydrogen (secondary N) is 2. The van der Waals surface area contributed by atoms with Crippen LogP contribution in [-0.2, 0) is 14.8 Å². The fourth-order valence-electron chi connectivity index (χ4n) is 4.92. The summed E-state index contributed by atoms with van der Waals surface area (Å²) in [5, 5.41) is 3.59. The molecule has 2 unspecified atom stereocenters. The molecular formula is C25H43N3O3S. The second-order valence-electron chi connectivity index (χ2n) is 10.1. The first-order chi connectivity index (χ1) is 15.2. The molecule has 2 fully saturated rings. The maximum Gasteiger partial charge on any atom is 0.217 e. The molecular weight excluding hydrogens is 422 g/mol. The lowest BCUT2D eigenvalue weighted by Gasteiger charge is -2.37. The fourth-order valence-corrected chi connectivity index (χ4v) is 6.64. The molecule has 0 aromatic heterocycles. The van der Waals surface area contributed by atoms with Gasteiger partial charge in [-0.15, -0.1) is 0 Å². The van der Waals surface area contributed by atoms with E-state index in [1.807, 2.05) is 20.8 Å². The smallest absolute Gasteiger partial charge is 0.217 e. The van der Waals surface area contributed by atoms with Gasteiger partial charge in [-0.25, -0.2) is 13.1 Å². The Labute approximate surface area is 195 Å². The fraction of sp³-hybridized carbons (Fsp3) is 0.760. The molecule has 0 radical (unpaired) electrons. The van der Waals surface area contributed by atoms with E-state index in [9.17, 15) is 8.42 Å². The van der Waals surface area contributed by atoms with Crippen LogP contribution in [0.5, 0.6) is 0 Å². The first-order valence-electron chi connectivity index (χ1n) is 12.4. The van der Waals surface area contributed by atoms with E-state index in [4.69, 9.17) is 4.74 Å². The molecule has 0 bridgehead atoms. The van der Waals surface area contributed by atoms with Crippen molar-refractivity contribution in [1.29, 1.82) is 0 Å². The Hall–Kier alpha value is -1.31. The van der Waals surface area contributed by atoms with Crippen molar-refractivity contribution in [3.63, 3.8) is 0 Å². The van der Waals surface area contributed by atoms with Crippen LogP contribution >= 0.6 is 0 Å². The predicted octanol–water partition coefficient (Wildman–Crippen LogP) is 4.77. The molecule has 0 spiro atoms. The Morgan fingerprint density at radius 2 is 1.56 bits per heavy atom. The molecule has 2 N–H and O–H groups in total. The number of nitrogens with zero attached hydrogens (tertiary/aromatic N) is 1. The van der Waals surface area contributed by atoms with Gasteiger partial charge in [0.25, 0.3) is 0 Å². The number of hydrogen-bond donors (Lipinski definition) is 2. The molecule has 0 amide bonds. The van der Waals surface area contributed by atoms with E-state index in [1.165, 1.54) is 5.69 Å². The second kappa shape index (κ2) is 10.7. The highest BCUT2D eigenvalue weighted by molar-refractivity contribution is 7.90. The van der Waals surface area contributed by atoms with Gasteiger partial charge in [-0.1, -0.05) is 13.8 Å². The summed E-state index contributed by atoms with van der Waals surface area (Å²) in [7, 11) is -3.29. The Morgan fingerprint density at radius 3 is 2.09 bits per heavy atom. The second-order valence-corrected chi connectivity index (χ2v) is 12.3. The lowest BCUT2D eigenvalue weighted by Crippen LogP contribution is -2.48. The zero-order valence-electron chi connectivity index (χ0n) is 20.6. The molecule has 182 valence electrons. The predicted molar refractivity (Wildman–Crippen MR) is 134 cm³/mol. The molecule has 1 aliphatic heterocycles. The van der Waals surface area contributed by atoms with Gasteiger partial charge in [0, 0.05) is 37.1 Å². The Bertz CT molecular complexity index is 805. The summed E-state index contributed by atoms with van der Waals surface area (Å²) < 4.78 is 33.8. The number of ether oxygens (including phenoxy) is 1. The van der Waals surface area contributed by atoms with Crippen LogP contribution in [0.25, 0.3) is 0 Å². The van der Waals surface area contributed by atoms with E-state index >= 15 is 0 Å². The number of sulfonamides is 1. The zero-order valence-corrected chi connectivity index (χ0v) is 21.4. The van der Waals surface area contributed by atoms with Crippen LogP contribution in [-0.4, -0.2) is 51.0 Å². The van der Waals surface area contributed by atoms with Crippen LogP contribution in [0.1, 0.15) is 73.1 Å². The largest absolute Gasteiger partial charge is 0.385 e. The van der Waals surface area contributed by atoms with E-state index in [0.29, 0.717) is 18.8 Å². The van der Waals surface area contributed by atoms with Crippen LogP contribution in [0.15, 0.2) is 24.3 Å². The van der Waals surface area contributed by atoms with Gasteiger partial charge >= 0.3 is 0 Å². The van der Waals surface area contributed by atoms with E-state index < -0.39 is 14.8 Å². The third-order valence-electron chi connectivity index (χ3n) is 7.56. The molecule has 2 atom stereocenters. The van der Waals surface area contributed by atoms with Gasteiger partial charge in [-0.05, 0) is 89.5 Å². The number of benzene rings is 1. The van der Waals surface area contributed by atoms with E-state index in [-0.39, 0.29) is 18.2 Å². The Kier molecular flexibility index (Phi) is 8.50. The normalized spacial score (nSPS) is 27.3. The molecule has 1 aromatic carbocycles.